The zero-order valence-corrected chi connectivity index (χ0v) is 22.8. The molecule has 2 saturated carbocycles. The van der Waals surface area contributed by atoms with Gasteiger partial charge in [0.2, 0.25) is 0 Å². The second kappa shape index (κ2) is 10.0. The fourth-order valence-corrected chi connectivity index (χ4v) is 8.18. The zero-order valence-electron chi connectivity index (χ0n) is 22.0. The first-order valence-corrected chi connectivity index (χ1v) is 15.0. The van der Waals surface area contributed by atoms with Gasteiger partial charge in [0.1, 0.15) is 0 Å². The molecule has 6 heteroatoms. The maximum absolute atomic E-state index is 12.1. The predicted octanol–water partition coefficient (Wildman–Crippen LogP) is 6.10. The van der Waals surface area contributed by atoms with E-state index in [2.05, 4.69) is 51.1 Å². The Labute approximate surface area is 211 Å². The molecule has 7 atom stereocenters. The van der Waals surface area contributed by atoms with Gasteiger partial charge in [-0.1, -0.05) is 63.6 Å². The van der Waals surface area contributed by atoms with Crippen LogP contribution >= 0.6 is 0 Å². The van der Waals surface area contributed by atoms with Gasteiger partial charge in [0, 0.05) is 6.92 Å². The summed E-state index contributed by atoms with van der Waals surface area (Å²) in [4.78, 5) is 11.7. The van der Waals surface area contributed by atoms with Crippen molar-refractivity contribution in [3.63, 3.8) is 0 Å². The van der Waals surface area contributed by atoms with Crippen LogP contribution in [-0.4, -0.2) is 33.9 Å². The highest BCUT2D eigenvalue weighted by Crippen LogP contribution is 2.64. The van der Waals surface area contributed by atoms with Gasteiger partial charge >= 0.3 is 5.97 Å². The third-order valence-corrected chi connectivity index (χ3v) is 10.3. The molecule has 1 aromatic carbocycles. The van der Waals surface area contributed by atoms with E-state index in [-0.39, 0.29) is 35.2 Å². The normalized spacial score (nSPS) is 37.4. The molecule has 3 aliphatic rings. The minimum atomic E-state index is -3.54. The van der Waals surface area contributed by atoms with E-state index in [1.54, 1.807) is 0 Å². The largest absolute Gasteiger partial charge is 0.466 e. The molecule has 5 nitrogen and oxygen atoms in total. The SMILES string of the molecule is CC(=O)OC[C@H]1C[C@@H](C)CC[C@]1(C)[C@H]1CC[C@]2(C)C(c3ccccc3)=CC[C@H]2[C@@H]1COS(C)(=O)=O. The van der Waals surface area contributed by atoms with Crippen molar-refractivity contribution in [2.24, 2.45) is 40.4 Å². The molecule has 4 rings (SSSR count). The molecule has 35 heavy (non-hydrogen) atoms. The van der Waals surface area contributed by atoms with Crippen molar-refractivity contribution in [1.82, 2.24) is 0 Å². The summed E-state index contributed by atoms with van der Waals surface area (Å²) < 4.78 is 35.3. The van der Waals surface area contributed by atoms with Crippen molar-refractivity contribution in [3.05, 3.63) is 42.0 Å². The summed E-state index contributed by atoms with van der Waals surface area (Å²) in [7, 11) is -3.54. The number of carbonyl (C=O) groups is 1. The first-order valence-electron chi connectivity index (χ1n) is 13.2. The van der Waals surface area contributed by atoms with Crippen LogP contribution in [0.1, 0.15) is 71.8 Å². The van der Waals surface area contributed by atoms with Crippen LogP contribution in [0, 0.1) is 40.4 Å². The number of carbonyl (C=O) groups excluding carboxylic acids is 1. The molecule has 0 N–H and O–H groups in total. The average molecular weight is 503 g/mol. The number of fused-ring (bicyclic) bond motifs is 1. The minimum absolute atomic E-state index is 0.00686. The van der Waals surface area contributed by atoms with Gasteiger partial charge in [-0.3, -0.25) is 8.98 Å². The van der Waals surface area contributed by atoms with E-state index in [0.29, 0.717) is 24.4 Å². The lowest BCUT2D eigenvalue weighted by atomic mass is 9.48. The van der Waals surface area contributed by atoms with Crippen LogP contribution in [0.2, 0.25) is 0 Å². The molecular formula is C29H42O5S. The van der Waals surface area contributed by atoms with Crippen molar-refractivity contribution < 1.29 is 22.1 Å². The van der Waals surface area contributed by atoms with Crippen LogP contribution in [-0.2, 0) is 23.8 Å². The summed E-state index contributed by atoms with van der Waals surface area (Å²) in [5, 5.41) is 0. The van der Waals surface area contributed by atoms with Crippen LogP contribution in [0.3, 0.4) is 0 Å². The van der Waals surface area contributed by atoms with Crippen molar-refractivity contribution >= 4 is 21.7 Å². The first-order chi connectivity index (χ1) is 16.4. The average Bonchev–Trinajstić information content (AvgIpc) is 3.15. The molecule has 0 spiro atoms. The van der Waals surface area contributed by atoms with Gasteiger partial charge in [-0.2, -0.15) is 8.42 Å². The van der Waals surface area contributed by atoms with E-state index < -0.39 is 10.1 Å². The monoisotopic (exact) mass is 502 g/mol. The van der Waals surface area contributed by atoms with Crippen LogP contribution in [0.4, 0.5) is 0 Å². The van der Waals surface area contributed by atoms with Crippen molar-refractivity contribution in [2.75, 3.05) is 19.5 Å². The molecule has 1 aromatic rings. The standard InChI is InChI=1S/C29H42O5S/c1-20-13-15-28(3,23(17-20)18-33-21(2)30)27-14-16-29(4)25(22-9-7-6-8-10-22)11-12-26(29)24(27)19-34-35(5,31)32/h6-11,20,23-24,26-27H,12-19H2,1-5H3/t20-,23+,24-,26-,27-,28-,29+/m0/s1. The molecule has 194 valence electrons. The topological polar surface area (TPSA) is 69.7 Å². The molecule has 0 radical (unpaired) electrons. The third-order valence-electron chi connectivity index (χ3n) is 9.71. The fraction of sp³-hybridized carbons (Fsp3) is 0.690. The van der Waals surface area contributed by atoms with Crippen molar-refractivity contribution in [2.45, 2.75) is 66.2 Å². The first kappa shape index (κ1) is 26.4. The Bertz CT molecular complexity index is 1050. The Hall–Kier alpha value is -1.66. The van der Waals surface area contributed by atoms with Gasteiger partial charge in [-0.05, 0) is 83.7 Å². The second-order valence-corrected chi connectivity index (χ2v) is 13.6. The van der Waals surface area contributed by atoms with E-state index in [0.717, 1.165) is 44.8 Å². The number of ether oxygens (including phenoxy) is 1. The minimum Gasteiger partial charge on any atom is -0.466 e. The van der Waals surface area contributed by atoms with E-state index in [9.17, 15) is 13.2 Å². The number of rotatable bonds is 7. The Balaban J connectivity index is 1.67. The zero-order chi connectivity index (χ0) is 25.4. The highest BCUT2D eigenvalue weighted by atomic mass is 32.2. The molecule has 0 saturated heterocycles. The summed E-state index contributed by atoms with van der Waals surface area (Å²) in [6.45, 7) is 9.18. The Morgan fingerprint density at radius 1 is 1.06 bits per heavy atom. The van der Waals surface area contributed by atoms with Crippen LogP contribution in [0.5, 0.6) is 0 Å². The highest BCUT2D eigenvalue weighted by Gasteiger charge is 2.57. The molecule has 0 aromatic heterocycles. The van der Waals surface area contributed by atoms with E-state index in [1.165, 1.54) is 18.1 Å². The van der Waals surface area contributed by atoms with E-state index in [4.69, 9.17) is 8.92 Å². The third kappa shape index (κ3) is 5.39. The van der Waals surface area contributed by atoms with Gasteiger partial charge < -0.3 is 4.74 Å². The maximum Gasteiger partial charge on any atom is 0.302 e. The number of allylic oxidation sites excluding steroid dienone is 2. The van der Waals surface area contributed by atoms with Crippen LogP contribution in [0.15, 0.2) is 36.4 Å². The molecule has 0 aliphatic heterocycles. The number of hydrogen-bond acceptors (Lipinski definition) is 5. The molecule has 0 amide bonds. The smallest absolute Gasteiger partial charge is 0.302 e. The molecule has 0 heterocycles. The summed E-state index contributed by atoms with van der Waals surface area (Å²) in [5.74, 6) is 1.40. The fourth-order valence-electron chi connectivity index (χ4n) is 7.77. The summed E-state index contributed by atoms with van der Waals surface area (Å²) >= 11 is 0. The van der Waals surface area contributed by atoms with E-state index >= 15 is 0 Å². The molecule has 0 unspecified atom stereocenters. The Kier molecular flexibility index (Phi) is 7.55. The second-order valence-electron chi connectivity index (χ2n) is 11.9. The lowest BCUT2D eigenvalue weighted by Gasteiger charge is -2.57. The quantitative estimate of drug-likeness (QED) is 0.333. The molecule has 3 aliphatic carbocycles. The maximum atomic E-state index is 12.1. The lowest BCUT2D eigenvalue weighted by Crippen LogP contribution is -2.52. The van der Waals surface area contributed by atoms with Crippen molar-refractivity contribution in [3.8, 4) is 0 Å². The van der Waals surface area contributed by atoms with Gasteiger partial charge in [0.25, 0.3) is 10.1 Å². The van der Waals surface area contributed by atoms with Gasteiger partial charge in [0.05, 0.1) is 19.5 Å². The molecular weight excluding hydrogens is 460 g/mol. The summed E-state index contributed by atoms with van der Waals surface area (Å²) in [6, 6.07) is 10.6. The number of esters is 1. The Morgan fingerprint density at radius 3 is 2.43 bits per heavy atom. The molecule has 0 bridgehead atoms. The number of hydrogen-bond donors (Lipinski definition) is 0. The Morgan fingerprint density at radius 2 is 1.77 bits per heavy atom. The molecule has 2 fully saturated rings. The highest BCUT2D eigenvalue weighted by molar-refractivity contribution is 7.85. The van der Waals surface area contributed by atoms with Gasteiger partial charge in [-0.15, -0.1) is 0 Å². The van der Waals surface area contributed by atoms with Gasteiger partial charge in [-0.25, -0.2) is 0 Å². The summed E-state index contributed by atoms with van der Waals surface area (Å²) in [6.07, 6.45) is 9.84. The van der Waals surface area contributed by atoms with E-state index in [1.807, 2.05) is 6.07 Å². The predicted molar refractivity (Wildman–Crippen MR) is 139 cm³/mol. The van der Waals surface area contributed by atoms with Gasteiger partial charge in [0.15, 0.2) is 0 Å². The summed E-state index contributed by atoms with van der Waals surface area (Å²) in [5.41, 5.74) is 2.63. The van der Waals surface area contributed by atoms with Crippen LogP contribution < -0.4 is 0 Å². The number of benzene rings is 1. The van der Waals surface area contributed by atoms with Crippen molar-refractivity contribution in [1.29, 1.82) is 0 Å². The lowest BCUT2D eigenvalue weighted by molar-refractivity contribution is -0.148. The van der Waals surface area contributed by atoms with Crippen LogP contribution in [0.25, 0.3) is 5.57 Å².